The van der Waals surface area contributed by atoms with Crippen LogP contribution in [0.2, 0.25) is 0 Å². The average molecular weight is 1520 g/mol. The Hall–Kier alpha value is -1.94. The lowest BCUT2D eigenvalue weighted by molar-refractivity contribution is -0.161. The molecule has 0 aliphatic heterocycles. The molecule has 0 amide bonds. The third kappa shape index (κ3) is 78.2. The first-order chi connectivity index (χ1) is 50.1. The van der Waals surface area contributed by atoms with E-state index >= 15 is 0 Å². The fraction of sp³-hybridized carbons (Fsp3) is 0.953. The second kappa shape index (κ2) is 73.8. The van der Waals surface area contributed by atoms with Crippen molar-refractivity contribution in [3.8, 4) is 0 Å². The van der Waals surface area contributed by atoms with Crippen molar-refractivity contribution in [2.45, 2.75) is 459 Å². The van der Waals surface area contributed by atoms with Crippen LogP contribution >= 0.6 is 15.6 Å². The molecule has 5 atom stereocenters. The van der Waals surface area contributed by atoms with Gasteiger partial charge in [-0.15, -0.1) is 0 Å². The predicted octanol–water partition coefficient (Wildman–Crippen LogP) is 25.6. The standard InChI is InChI=1S/C85H166O17P2/c1-75(2)61-53-45-37-31-25-19-14-11-9-10-12-16-22-29-35-41-51-59-68-85(90)102-81(72-96-83(88)66-58-50-44-43-48-56-64-78(7)8)74-100-104(93,94)98-70-79(86)69-97-103(91,92)99-73-80(71-95-82(87)65-57-49-40-34-28-24-18-21-27-33-39-47-55-63-77(5)6)101-84(89)67-60-52-42-36-30-23-17-13-15-20-26-32-38-46-54-62-76(3)4/h75-81,86H,9-74H2,1-8H3,(H,91,92)(H,93,94)/t79?,80-,81-/m1/s1. The van der Waals surface area contributed by atoms with Crippen LogP contribution in [-0.2, 0) is 65.4 Å². The molecule has 3 N–H and O–H groups in total. The quantitative estimate of drug-likeness (QED) is 0.0222. The Morgan fingerprint density at radius 1 is 0.240 bits per heavy atom. The van der Waals surface area contributed by atoms with Gasteiger partial charge in [-0.3, -0.25) is 37.3 Å². The highest BCUT2D eigenvalue weighted by atomic mass is 31.2. The van der Waals surface area contributed by atoms with Crippen molar-refractivity contribution >= 4 is 39.5 Å². The van der Waals surface area contributed by atoms with Crippen LogP contribution in [0.4, 0.5) is 0 Å². The lowest BCUT2D eigenvalue weighted by Gasteiger charge is -2.21. The number of esters is 4. The van der Waals surface area contributed by atoms with Crippen LogP contribution < -0.4 is 0 Å². The molecular formula is C85H166O17P2. The summed E-state index contributed by atoms with van der Waals surface area (Å²) < 4.78 is 68.8. The van der Waals surface area contributed by atoms with E-state index in [4.69, 9.17) is 37.0 Å². The third-order valence-corrected chi connectivity index (χ3v) is 21.7. The number of aliphatic hydroxyl groups excluding tert-OH is 1. The second-order valence-corrected chi connectivity index (χ2v) is 35.4. The minimum atomic E-state index is -4.96. The smallest absolute Gasteiger partial charge is 0.462 e. The Kier molecular flexibility index (Phi) is 72.5. The Bertz CT molecular complexity index is 2020. The van der Waals surface area contributed by atoms with Crippen LogP contribution in [0.15, 0.2) is 0 Å². The van der Waals surface area contributed by atoms with Gasteiger partial charge in [0, 0.05) is 25.7 Å². The Morgan fingerprint density at radius 2 is 0.404 bits per heavy atom. The molecule has 19 heteroatoms. The highest BCUT2D eigenvalue weighted by molar-refractivity contribution is 7.47. The van der Waals surface area contributed by atoms with E-state index in [2.05, 4.69) is 55.4 Å². The molecule has 104 heavy (non-hydrogen) atoms. The van der Waals surface area contributed by atoms with E-state index in [1.807, 2.05) is 0 Å². The van der Waals surface area contributed by atoms with Crippen LogP contribution in [-0.4, -0.2) is 96.7 Å². The molecule has 618 valence electrons. The van der Waals surface area contributed by atoms with E-state index in [1.165, 1.54) is 238 Å². The zero-order chi connectivity index (χ0) is 76.7. The molecule has 0 aromatic carbocycles. The molecule has 3 unspecified atom stereocenters. The summed E-state index contributed by atoms with van der Waals surface area (Å²) in [4.78, 5) is 73.1. The summed E-state index contributed by atoms with van der Waals surface area (Å²) in [5.74, 6) is 0.983. The van der Waals surface area contributed by atoms with Gasteiger partial charge in [-0.25, -0.2) is 9.13 Å². The molecule has 0 rings (SSSR count). The summed E-state index contributed by atoms with van der Waals surface area (Å²) in [6.07, 6.45) is 62.7. The van der Waals surface area contributed by atoms with Gasteiger partial charge in [0.15, 0.2) is 12.2 Å². The van der Waals surface area contributed by atoms with Crippen LogP contribution in [0, 0.1) is 23.7 Å². The molecular weight excluding hydrogens is 1350 g/mol. The van der Waals surface area contributed by atoms with Crippen molar-refractivity contribution in [3.63, 3.8) is 0 Å². The van der Waals surface area contributed by atoms with E-state index in [-0.39, 0.29) is 25.7 Å². The maximum atomic E-state index is 13.1. The first-order valence-corrected chi connectivity index (χ1v) is 46.7. The van der Waals surface area contributed by atoms with E-state index in [0.717, 1.165) is 114 Å². The van der Waals surface area contributed by atoms with Crippen molar-refractivity contribution in [1.82, 2.24) is 0 Å². The van der Waals surface area contributed by atoms with E-state index in [0.29, 0.717) is 31.6 Å². The van der Waals surface area contributed by atoms with Gasteiger partial charge in [0.05, 0.1) is 26.4 Å². The van der Waals surface area contributed by atoms with Crippen molar-refractivity contribution in [1.29, 1.82) is 0 Å². The number of ether oxygens (including phenoxy) is 4. The number of unbranched alkanes of at least 4 members (excludes halogenated alkanes) is 48. The number of rotatable bonds is 82. The predicted molar refractivity (Wildman–Crippen MR) is 428 cm³/mol. The van der Waals surface area contributed by atoms with Gasteiger partial charge in [0.25, 0.3) is 0 Å². The second-order valence-electron chi connectivity index (χ2n) is 32.5. The minimum Gasteiger partial charge on any atom is -0.462 e. The normalized spacial score (nSPS) is 14.0. The summed E-state index contributed by atoms with van der Waals surface area (Å²) in [5.41, 5.74) is 0. The Labute approximate surface area is 638 Å². The molecule has 0 aromatic rings. The van der Waals surface area contributed by atoms with Crippen molar-refractivity contribution < 1.29 is 80.2 Å². The van der Waals surface area contributed by atoms with E-state index < -0.39 is 97.5 Å². The number of hydrogen-bond acceptors (Lipinski definition) is 15. The van der Waals surface area contributed by atoms with Crippen molar-refractivity contribution in [2.24, 2.45) is 23.7 Å². The summed E-state index contributed by atoms with van der Waals surface area (Å²) in [7, 11) is -9.93. The van der Waals surface area contributed by atoms with E-state index in [9.17, 15) is 43.2 Å². The number of hydrogen-bond donors (Lipinski definition) is 3. The van der Waals surface area contributed by atoms with Crippen LogP contribution in [0.3, 0.4) is 0 Å². The van der Waals surface area contributed by atoms with E-state index in [1.54, 1.807) is 0 Å². The summed E-state index contributed by atoms with van der Waals surface area (Å²) in [6, 6.07) is 0. The molecule has 0 saturated carbocycles. The average Bonchev–Trinajstić information content (AvgIpc) is 0.908. The Balaban J connectivity index is 5.20. The van der Waals surface area contributed by atoms with Gasteiger partial charge in [-0.1, -0.05) is 389 Å². The largest absolute Gasteiger partial charge is 0.472 e. The zero-order valence-corrected chi connectivity index (χ0v) is 70.5. The maximum Gasteiger partial charge on any atom is 0.472 e. The molecule has 0 spiro atoms. The molecule has 17 nitrogen and oxygen atoms in total. The molecule has 0 bridgehead atoms. The SMILES string of the molecule is CC(C)CCCCCCCCCCCCCCCCCCCCC(=O)O[C@H](COC(=O)CCCCCCCCC(C)C)COP(=O)(O)OCC(O)COP(=O)(O)OC[C@@H](COC(=O)CCCCCCCCCCCCCCCC(C)C)OC(=O)CCCCCCCCCCCCCCCCCC(C)C. The lowest BCUT2D eigenvalue weighted by atomic mass is 10.0. The lowest BCUT2D eigenvalue weighted by Crippen LogP contribution is -2.30. The fourth-order valence-electron chi connectivity index (χ4n) is 13.1. The first-order valence-electron chi connectivity index (χ1n) is 43.7. The number of carbonyl (C=O) groups is 4. The molecule has 0 aliphatic carbocycles. The van der Waals surface area contributed by atoms with Crippen molar-refractivity contribution in [2.75, 3.05) is 39.6 Å². The highest BCUT2D eigenvalue weighted by Gasteiger charge is 2.30. The molecule has 0 heterocycles. The molecule has 0 aliphatic rings. The highest BCUT2D eigenvalue weighted by Crippen LogP contribution is 2.45. The monoisotopic (exact) mass is 1520 g/mol. The van der Waals surface area contributed by atoms with Crippen molar-refractivity contribution in [3.05, 3.63) is 0 Å². The molecule has 0 radical (unpaired) electrons. The van der Waals surface area contributed by atoms with Gasteiger partial charge < -0.3 is 33.8 Å². The Morgan fingerprint density at radius 3 is 0.596 bits per heavy atom. The number of aliphatic hydroxyl groups is 1. The summed E-state index contributed by atoms with van der Waals surface area (Å²) >= 11 is 0. The van der Waals surface area contributed by atoms with Gasteiger partial charge in [-0.05, 0) is 49.4 Å². The number of phosphoric acid groups is 2. The van der Waals surface area contributed by atoms with Crippen LogP contribution in [0.25, 0.3) is 0 Å². The first kappa shape index (κ1) is 102. The minimum absolute atomic E-state index is 0.107. The van der Waals surface area contributed by atoms with Crippen LogP contribution in [0.5, 0.6) is 0 Å². The zero-order valence-electron chi connectivity index (χ0n) is 68.7. The topological polar surface area (TPSA) is 237 Å². The molecule has 0 fully saturated rings. The summed E-state index contributed by atoms with van der Waals surface area (Å²) in [5, 5.41) is 10.7. The van der Waals surface area contributed by atoms with Gasteiger partial charge in [0.2, 0.25) is 0 Å². The van der Waals surface area contributed by atoms with Crippen LogP contribution in [0.1, 0.15) is 441 Å². The third-order valence-electron chi connectivity index (χ3n) is 19.8. The fourth-order valence-corrected chi connectivity index (χ4v) is 14.7. The summed E-state index contributed by atoms with van der Waals surface area (Å²) in [6.45, 7) is 14.3. The number of phosphoric ester groups is 2. The molecule has 0 aromatic heterocycles. The number of carbonyl (C=O) groups excluding carboxylic acids is 4. The molecule has 0 saturated heterocycles. The maximum absolute atomic E-state index is 13.1. The van der Waals surface area contributed by atoms with Gasteiger partial charge in [-0.2, -0.15) is 0 Å². The van der Waals surface area contributed by atoms with Gasteiger partial charge in [0.1, 0.15) is 19.3 Å². The van der Waals surface area contributed by atoms with Gasteiger partial charge >= 0.3 is 39.5 Å².